The predicted molar refractivity (Wildman–Crippen MR) is 98.8 cm³/mol. The Kier molecular flexibility index (Phi) is 6.00. The Hall–Kier alpha value is -1.13. The van der Waals surface area contributed by atoms with Crippen LogP contribution in [0.15, 0.2) is 29.2 Å². The molecule has 1 atom stereocenters. The van der Waals surface area contributed by atoms with Gasteiger partial charge in [0.15, 0.2) is 0 Å². The molecule has 2 fully saturated rings. The molecule has 25 heavy (non-hydrogen) atoms. The lowest BCUT2D eigenvalue weighted by molar-refractivity contribution is -0.122. The Morgan fingerprint density at radius 1 is 1.28 bits per heavy atom. The van der Waals surface area contributed by atoms with Gasteiger partial charge in [-0.05, 0) is 18.7 Å². The normalized spacial score (nSPS) is 22.8. The summed E-state index contributed by atoms with van der Waals surface area (Å²) in [5, 5.41) is 5.97. The SMILES string of the molecule is CN1CCN(S(=O)(=O)c2ccccc2CNC(=O)C2CSCN2)CC1. The van der Waals surface area contributed by atoms with E-state index in [2.05, 4.69) is 15.5 Å². The first-order valence-electron chi connectivity index (χ1n) is 8.34. The van der Waals surface area contributed by atoms with E-state index < -0.39 is 10.0 Å². The van der Waals surface area contributed by atoms with Gasteiger partial charge in [-0.25, -0.2) is 8.42 Å². The fraction of sp³-hybridized carbons (Fsp3) is 0.562. The third-order valence-electron chi connectivity index (χ3n) is 4.54. The quantitative estimate of drug-likeness (QED) is 0.738. The molecule has 7 nitrogen and oxygen atoms in total. The van der Waals surface area contributed by atoms with Gasteiger partial charge in [0.05, 0.1) is 10.9 Å². The Balaban J connectivity index is 1.72. The number of carbonyl (C=O) groups excluding carboxylic acids is 1. The molecule has 0 bridgehead atoms. The van der Waals surface area contributed by atoms with Crippen LogP contribution in [-0.2, 0) is 21.4 Å². The van der Waals surface area contributed by atoms with Crippen molar-refractivity contribution in [3.8, 4) is 0 Å². The summed E-state index contributed by atoms with van der Waals surface area (Å²) in [6.45, 7) is 2.64. The number of amides is 1. The second-order valence-electron chi connectivity index (χ2n) is 6.30. The van der Waals surface area contributed by atoms with Crippen LogP contribution < -0.4 is 10.6 Å². The summed E-state index contributed by atoms with van der Waals surface area (Å²) in [5.41, 5.74) is 0.625. The number of benzene rings is 1. The zero-order valence-corrected chi connectivity index (χ0v) is 15.9. The minimum atomic E-state index is -3.55. The fourth-order valence-corrected chi connectivity index (χ4v) is 5.52. The molecule has 138 valence electrons. The number of nitrogens with zero attached hydrogens (tertiary/aromatic N) is 2. The van der Waals surface area contributed by atoms with Gasteiger partial charge in [-0.3, -0.25) is 10.1 Å². The summed E-state index contributed by atoms with van der Waals surface area (Å²) < 4.78 is 27.5. The predicted octanol–water partition coefficient (Wildman–Crippen LogP) is -0.0986. The highest BCUT2D eigenvalue weighted by Gasteiger charge is 2.29. The minimum absolute atomic E-state index is 0.0863. The van der Waals surface area contributed by atoms with Crippen LogP contribution in [-0.4, -0.2) is 74.4 Å². The number of hydrogen-bond donors (Lipinski definition) is 2. The van der Waals surface area contributed by atoms with Crippen molar-refractivity contribution in [1.29, 1.82) is 0 Å². The minimum Gasteiger partial charge on any atom is -0.351 e. The van der Waals surface area contributed by atoms with Gasteiger partial charge >= 0.3 is 0 Å². The van der Waals surface area contributed by atoms with Crippen molar-refractivity contribution in [1.82, 2.24) is 19.8 Å². The Morgan fingerprint density at radius 3 is 2.68 bits per heavy atom. The molecule has 0 radical (unpaired) electrons. The molecule has 0 spiro atoms. The van der Waals surface area contributed by atoms with Crippen molar-refractivity contribution in [2.24, 2.45) is 0 Å². The maximum absolute atomic E-state index is 13.0. The van der Waals surface area contributed by atoms with E-state index in [0.717, 1.165) is 24.7 Å². The van der Waals surface area contributed by atoms with Crippen LogP contribution in [0.2, 0.25) is 0 Å². The zero-order valence-electron chi connectivity index (χ0n) is 14.3. The highest BCUT2D eigenvalue weighted by Crippen LogP contribution is 2.21. The van der Waals surface area contributed by atoms with Crippen LogP contribution >= 0.6 is 11.8 Å². The van der Waals surface area contributed by atoms with E-state index in [1.165, 1.54) is 4.31 Å². The lowest BCUT2D eigenvalue weighted by Gasteiger charge is -2.32. The van der Waals surface area contributed by atoms with Crippen LogP contribution in [0.4, 0.5) is 0 Å². The van der Waals surface area contributed by atoms with E-state index in [9.17, 15) is 13.2 Å². The molecule has 9 heteroatoms. The Morgan fingerprint density at radius 2 is 2.00 bits per heavy atom. The number of rotatable bonds is 5. The maximum atomic E-state index is 13.0. The second kappa shape index (κ2) is 8.05. The summed E-state index contributed by atoms with van der Waals surface area (Å²) in [6.07, 6.45) is 0. The highest BCUT2D eigenvalue weighted by atomic mass is 32.2. The number of sulfonamides is 1. The lowest BCUT2D eigenvalue weighted by Crippen LogP contribution is -2.47. The van der Waals surface area contributed by atoms with Crippen LogP contribution in [0.1, 0.15) is 5.56 Å². The molecule has 0 saturated carbocycles. The van der Waals surface area contributed by atoms with Gasteiger partial charge in [0.1, 0.15) is 0 Å². The van der Waals surface area contributed by atoms with Gasteiger partial charge in [-0.2, -0.15) is 4.31 Å². The third-order valence-corrected chi connectivity index (χ3v) is 7.48. The molecular formula is C16H24N4O3S2. The van der Waals surface area contributed by atoms with E-state index in [-0.39, 0.29) is 23.4 Å². The van der Waals surface area contributed by atoms with E-state index in [0.29, 0.717) is 18.7 Å². The van der Waals surface area contributed by atoms with Gasteiger partial charge in [-0.15, -0.1) is 11.8 Å². The number of nitrogens with one attached hydrogen (secondary N) is 2. The van der Waals surface area contributed by atoms with Gasteiger partial charge in [-0.1, -0.05) is 18.2 Å². The van der Waals surface area contributed by atoms with Gasteiger partial charge in [0.25, 0.3) is 0 Å². The first kappa shape index (κ1) is 18.7. The van der Waals surface area contributed by atoms with Crippen LogP contribution in [0, 0.1) is 0 Å². The number of thioether (sulfide) groups is 1. The molecule has 1 aromatic carbocycles. The summed E-state index contributed by atoms with van der Waals surface area (Å²) in [4.78, 5) is 14.6. The maximum Gasteiger partial charge on any atom is 0.243 e. The van der Waals surface area contributed by atoms with Gasteiger partial charge < -0.3 is 10.2 Å². The van der Waals surface area contributed by atoms with Crippen molar-refractivity contribution in [2.75, 3.05) is 44.9 Å². The molecule has 2 heterocycles. The van der Waals surface area contributed by atoms with Crippen molar-refractivity contribution < 1.29 is 13.2 Å². The van der Waals surface area contributed by atoms with Crippen molar-refractivity contribution in [3.63, 3.8) is 0 Å². The highest BCUT2D eigenvalue weighted by molar-refractivity contribution is 7.99. The van der Waals surface area contributed by atoms with Crippen LogP contribution in [0.25, 0.3) is 0 Å². The largest absolute Gasteiger partial charge is 0.351 e. The number of hydrogen-bond acceptors (Lipinski definition) is 6. The molecule has 2 saturated heterocycles. The molecule has 1 unspecified atom stereocenters. The topological polar surface area (TPSA) is 81.8 Å². The molecule has 2 N–H and O–H groups in total. The van der Waals surface area contributed by atoms with E-state index in [1.54, 1.807) is 36.0 Å². The Bertz CT molecular complexity index is 712. The number of piperazine rings is 1. The summed E-state index contributed by atoms with van der Waals surface area (Å²) in [7, 11) is -1.56. The van der Waals surface area contributed by atoms with Crippen LogP contribution in [0.5, 0.6) is 0 Å². The first-order chi connectivity index (χ1) is 12.0. The van der Waals surface area contributed by atoms with E-state index in [1.807, 2.05) is 7.05 Å². The van der Waals surface area contributed by atoms with Crippen LogP contribution in [0.3, 0.4) is 0 Å². The zero-order chi connectivity index (χ0) is 17.9. The monoisotopic (exact) mass is 384 g/mol. The second-order valence-corrected chi connectivity index (χ2v) is 9.24. The number of likely N-dealkylation sites (N-methyl/N-ethyl adjacent to an activating group) is 1. The fourth-order valence-electron chi connectivity index (χ4n) is 2.94. The van der Waals surface area contributed by atoms with Gasteiger partial charge in [0, 0.05) is 44.4 Å². The molecule has 0 aliphatic carbocycles. The molecule has 1 amide bonds. The molecule has 3 rings (SSSR count). The smallest absolute Gasteiger partial charge is 0.243 e. The summed E-state index contributed by atoms with van der Waals surface area (Å²) in [6, 6.07) is 6.71. The van der Waals surface area contributed by atoms with Crippen molar-refractivity contribution >= 4 is 27.7 Å². The Labute approximate surface area is 153 Å². The third kappa shape index (κ3) is 4.35. The number of carbonyl (C=O) groups is 1. The summed E-state index contributed by atoms with van der Waals surface area (Å²) >= 11 is 1.68. The van der Waals surface area contributed by atoms with Crippen molar-refractivity contribution in [2.45, 2.75) is 17.5 Å². The first-order valence-corrected chi connectivity index (χ1v) is 10.9. The molecule has 0 aromatic heterocycles. The summed E-state index contributed by atoms with van der Waals surface area (Å²) in [5.74, 6) is 1.43. The van der Waals surface area contributed by atoms with E-state index in [4.69, 9.17) is 0 Å². The molecular weight excluding hydrogens is 360 g/mol. The average molecular weight is 385 g/mol. The molecule has 2 aliphatic heterocycles. The standard InChI is InChI=1S/C16H24N4O3S2/c1-19-6-8-20(9-7-19)25(22,23)15-5-3-2-4-13(15)10-17-16(21)14-11-24-12-18-14/h2-5,14,18H,6-12H2,1H3,(H,17,21). The van der Waals surface area contributed by atoms with Crippen molar-refractivity contribution in [3.05, 3.63) is 29.8 Å². The molecule has 1 aromatic rings. The molecule has 2 aliphatic rings. The average Bonchev–Trinajstić information content (AvgIpc) is 3.15. The van der Waals surface area contributed by atoms with E-state index >= 15 is 0 Å². The lowest BCUT2D eigenvalue weighted by atomic mass is 10.2. The van der Waals surface area contributed by atoms with Gasteiger partial charge in [0.2, 0.25) is 15.9 Å².